The number of hydrogen-bond donors (Lipinski definition) is 1. The number of benzene rings is 1. The molecule has 2 N–H and O–H groups in total. The van der Waals surface area contributed by atoms with E-state index in [2.05, 4.69) is 4.74 Å². The van der Waals surface area contributed by atoms with Gasteiger partial charge in [0.05, 0.1) is 0 Å². The van der Waals surface area contributed by atoms with Crippen LogP contribution in [0.2, 0.25) is 5.02 Å². The highest BCUT2D eigenvalue weighted by atomic mass is 35.5. The molecular weight excluding hydrogens is 248 g/mol. The quantitative estimate of drug-likeness (QED) is 0.877. The highest BCUT2D eigenvalue weighted by Gasteiger charge is 2.09. The Kier molecular flexibility index (Phi) is 5.38. The maximum atomic E-state index is 12.2. The van der Waals surface area contributed by atoms with E-state index >= 15 is 0 Å². The molecule has 0 atom stereocenters. The third-order valence-corrected chi connectivity index (χ3v) is 2.50. The van der Waals surface area contributed by atoms with E-state index in [9.17, 15) is 8.78 Å². The highest BCUT2D eigenvalue weighted by Crippen LogP contribution is 2.27. The molecule has 0 radical (unpaired) electrons. The number of alkyl halides is 2. The molecule has 5 heteroatoms. The molecule has 0 heterocycles. The van der Waals surface area contributed by atoms with Crippen LogP contribution in [0.4, 0.5) is 8.78 Å². The lowest BCUT2D eigenvalue weighted by molar-refractivity contribution is -0.0499. The molecule has 94 valence electrons. The molecule has 0 saturated heterocycles. The van der Waals surface area contributed by atoms with Gasteiger partial charge in [-0.1, -0.05) is 30.2 Å². The van der Waals surface area contributed by atoms with Crippen molar-refractivity contribution in [2.24, 2.45) is 5.73 Å². The lowest BCUT2D eigenvalue weighted by atomic mass is 10.1. The number of halogens is 3. The fraction of sp³-hybridized carbons (Fsp3) is 0.333. The second-order valence-corrected chi connectivity index (χ2v) is 3.86. The van der Waals surface area contributed by atoms with Gasteiger partial charge in [-0.2, -0.15) is 8.78 Å². The van der Waals surface area contributed by atoms with E-state index in [-0.39, 0.29) is 5.75 Å². The van der Waals surface area contributed by atoms with Crippen molar-refractivity contribution in [3.8, 4) is 5.75 Å². The summed E-state index contributed by atoms with van der Waals surface area (Å²) in [5.74, 6) is 0.101. The van der Waals surface area contributed by atoms with Crippen LogP contribution in [0.15, 0.2) is 23.8 Å². The van der Waals surface area contributed by atoms with Gasteiger partial charge in [0.2, 0.25) is 0 Å². The van der Waals surface area contributed by atoms with Crippen molar-refractivity contribution in [3.05, 3.63) is 34.4 Å². The molecule has 0 aliphatic heterocycles. The van der Waals surface area contributed by atoms with Crippen molar-refractivity contribution in [1.82, 2.24) is 0 Å². The minimum atomic E-state index is -2.86. The molecule has 0 aliphatic carbocycles. The monoisotopic (exact) mass is 261 g/mol. The summed E-state index contributed by atoms with van der Waals surface area (Å²) in [6, 6.07) is 4.50. The van der Waals surface area contributed by atoms with Gasteiger partial charge < -0.3 is 10.5 Å². The Hall–Kier alpha value is -1.13. The van der Waals surface area contributed by atoms with Gasteiger partial charge in [-0.3, -0.25) is 0 Å². The lowest BCUT2D eigenvalue weighted by Gasteiger charge is -2.09. The molecule has 0 fully saturated rings. The minimum absolute atomic E-state index is 0.101. The maximum absolute atomic E-state index is 12.2. The lowest BCUT2D eigenvalue weighted by Crippen LogP contribution is -2.05. The summed E-state index contributed by atoms with van der Waals surface area (Å²) in [5, 5.41) is 0.463. The van der Waals surface area contributed by atoms with Crippen LogP contribution in [0.3, 0.4) is 0 Å². The molecule has 0 bridgehead atoms. The van der Waals surface area contributed by atoms with Gasteiger partial charge in [-0.25, -0.2) is 0 Å². The average Bonchev–Trinajstić information content (AvgIpc) is 2.28. The van der Waals surface area contributed by atoms with Gasteiger partial charge >= 0.3 is 6.61 Å². The molecular formula is C12H14ClF2NO. The minimum Gasteiger partial charge on any atom is -0.434 e. The second kappa shape index (κ2) is 6.57. The number of nitrogens with two attached hydrogens (primary N) is 1. The van der Waals surface area contributed by atoms with E-state index in [1.54, 1.807) is 12.1 Å². The molecule has 1 aromatic rings. The van der Waals surface area contributed by atoms with Crippen molar-refractivity contribution < 1.29 is 13.5 Å². The standard InChI is InChI=1S/C12H14ClF2NO/c1-2-8(7-16)5-9-6-10(13)3-4-11(9)17-12(14)15/h3-6,12H,2,7,16H2,1H3. The topological polar surface area (TPSA) is 35.2 Å². The SMILES string of the molecule is CCC(=Cc1cc(Cl)ccc1OC(F)F)CN. The largest absolute Gasteiger partial charge is 0.434 e. The first-order chi connectivity index (χ1) is 8.06. The first-order valence-electron chi connectivity index (χ1n) is 5.20. The molecule has 1 aromatic carbocycles. The first-order valence-corrected chi connectivity index (χ1v) is 5.58. The van der Waals surface area contributed by atoms with Crippen molar-refractivity contribution in [3.63, 3.8) is 0 Å². The molecule has 0 spiro atoms. The van der Waals surface area contributed by atoms with Gasteiger partial charge in [0.1, 0.15) is 5.75 Å². The third kappa shape index (κ3) is 4.32. The normalized spacial score (nSPS) is 12.0. The van der Waals surface area contributed by atoms with E-state index in [1.807, 2.05) is 6.92 Å². The maximum Gasteiger partial charge on any atom is 0.387 e. The van der Waals surface area contributed by atoms with Crippen LogP contribution in [0.25, 0.3) is 6.08 Å². The Balaban J connectivity index is 3.10. The first kappa shape index (κ1) is 13.9. The predicted molar refractivity (Wildman–Crippen MR) is 65.4 cm³/mol. The van der Waals surface area contributed by atoms with Crippen LogP contribution in [0, 0.1) is 0 Å². The molecule has 17 heavy (non-hydrogen) atoms. The van der Waals surface area contributed by atoms with E-state index < -0.39 is 6.61 Å². The summed E-state index contributed by atoms with van der Waals surface area (Å²) in [7, 11) is 0. The van der Waals surface area contributed by atoms with Crippen LogP contribution >= 0.6 is 11.6 Å². The zero-order chi connectivity index (χ0) is 12.8. The molecule has 0 unspecified atom stereocenters. The molecule has 1 rings (SSSR count). The molecule has 0 saturated carbocycles. The fourth-order valence-electron chi connectivity index (χ4n) is 1.36. The molecule has 2 nitrogen and oxygen atoms in total. The smallest absolute Gasteiger partial charge is 0.387 e. The summed E-state index contributed by atoms with van der Waals surface area (Å²) in [6.07, 6.45) is 2.47. The van der Waals surface area contributed by atoms with Crippen LogP contribution in [0.1, 0.15) is 18.9 Å². The summed E-state index contributed by atoms with van der Waals surface area (Å²) in [5.41, 5.74) is 6.98. The van der Waals surface area contributed by atoms with Gasteiger partial charge in [-0.05, 0) is 24.6 Å². The van der Waals surface area contributed by atoms with Crippen LogP contribution in [-0.2, 0) is 0 Å². The van der Waals surface area contributed by atoms with E-state index in [4.69, 9.17) is 17.3 Å². The fourth-order valence-corrected chi connectivity index (χ4v) is 1.54. The number of ether oxygens (including phenoxy) is 1. The average molecular weight is 262 g/mol. The Labute approximate surface area is 104 Å². The Morgan fingerprint density at radius 2 is 2.24 bits per heavy atom. The van der Waals surface area contributed by atoms with E-state index in [0.29, 0.717) is 17.1 Å². The van der Waals surface area contributed by atoms with Gasteiger partial charge in [0.15, 0.2) is 0 Å². The Morgan fingerprint density at radius 3 is 2.76 bits per heavy atom. The summed E-state index contributed by atoms with van der Waals surface area (Å²) in [4.78, 5) is 0. The van der Waals surface area contributed by atoms with Crippen LogP contribution in [-0.4, -0.2) is 13.2 Å². The highest BCUT2D eigenvalue weighted by molar-refractivity contribution is 6.30. The van der Waals surface area contributed by atoms with Gasteiger partial charge in [-0.15, -0.1) is 0 Å². The van der Waals surface area contributed by atoms with E-state index in [0.717, 1.165) is 12.0 Å². The predicted octanol–water partition coefficient (Wildman–Crippen LogP) is 3.69. The third-order valence-electron chi connectivity index (χ3n) is 2.26. The molecule has 0 aromatic heterocycles. The van der Waals surface area contributed by atoms with Gasteiger partial charge in [0.25, 0.3) is 0 Å². The number of rotatable bonds is 5. The van der Waals surface area contributed by atoms with Crippen molar-refractivity contribution in [2.45, 2.75) is 20.0 Å². The van der Waals surface area contributed by atoms with Crippen molar-refractivity contribution in [1.29, 1.82) is 0 Å². The molecule has 0 aliphatic rings. The Bertz CT molecular complexity index is 401. The second-order valence-electron chi connectivity index (χ2n) is 3.42. The van der Waals surface area contributed by atoms with Gasteiger partial charge in [0, 0.05) is 17.1 Å². The molecule has 0 amide bonds. The summed E-state index contributed by atoms with van der Waals surface area (Å²) < 4.78 is 28.8. The van der Waals surface area contributed by atoms with Crippen molar-refractivity contribution >= 4 is 17.7 Å². The zero-order valence-corrected chi connectivity index (χ0v) is 10.2. The van der Waals surface area contributed by atoms with Crippen molar-refractivity contribution in [2.75, 3.05) is 6.54 Å². The Morgan fingerprint density at radius 1 is 1.53 bits per heavy atom. The number of hydrogen-bond acceptors (Lipinski definition) is 2. The zero-order valence-electron chi connectivity index (χ0n) is 9.42. The van der Waals surface area contributed by atoms with Crippen LogP contribution in [0.5, 0.6) is 5.75 Å². The van der Waals surface area contributed by atoms with Crippen LogP contribution < -0.4 is 10.5 Å². The summed E-state index contributed by atoms with van der Waals surface area (Å²) >= 11 is 5.82. The summed E-state index contributed by atoms with van der Waals surface area (Å²) in [6.45, 7) is -0.542. The van der Waals surface area contributed by atoms with E-state index in [1.165, 1.54) is 12.1 Å².